The Morgan fingerprint density at radius 2 is 1.58 bits per heavy atom. The maximum atomic E-state index is 6.47. The number of rotatable bonds is 4. The van der Waals surface area contributed by atoms with Crippen molar-refractivity contribution in [3.63, 3.8) is 0 Å². The minimum atomic E-state index is -0.279. The van der Waals surface area contributed by atoms with Gasteiger partial charge in [-0.15, -0.1) is 11.6 Å². The SMILES string of the molecule is COc1ccc(C(Cl)c2cccc(Cl)c2)cc1OC. The van der Waals surface area contributed by atoms with Crippen molar-refractivity contribution in [1.29, 1.82) is 0 Å². The fraction of sp³-hybridized carbons (Fsp3) is 0.200. The molecule has 0 spiro atoms. The fourth-order valence-corrected chi connectivity index (χ4v) is 2.34. The number of ether oxygens (including phenoxy) is 2. The first kappa shape index (κ1) is 14.0. The van der Waals surface area contributed by atoms with Gasteiger partial charge in [0, 0.05) is 5.02 Å². The van der Waals surface area contributed by atoms with Crippen molar-refractivity contribution in [2.24, 2.45) is 0 Å². The molecular weight excluding hydrogens is 283 g/mol. The average Bonchev–Trinajstić information content (AvgIpc) is 2.45. The Hall–Kier alpha value is -1.38. The van der Waals surface area contributed by atoms with E-state index in [9.17, 15) is 0 Å². The highest BCUT2D eigenvalue weighted by Crippen LogP contribution is 2.35. The molecule has 2 aromatic rings. The molecule has 2 aromatic carbocycles. The summed E-state index contributed by atoms with van der Waals surface area (Å²) in [6.07, 6.45) is 0. The van der Waals surface area contributed by atoms with Crippen molar-refractivity contribution in [2.75, 3.05) is 14.2 Å². The van der Waals surface area contributed by atoms with E-state index < -0.39 is 0 Å². The highest BCUT2D eigenvalue weighted by molar-refractivity contribution is 6.30. The molecule has 0 heterocycles. The molecule has 1 unspecified atom stereocenters. The molecule has 100 valence electrons. The van der Waals surface area contributed by atoms with Crippen LogP contribution in [0.3, 0.4) is 0 Å². The van der Waals surface area contributed by atoms with E-state index in [1.165, 1.54) is 0 Å². The predicted octanol–water partition coefficient (Wildman–Crippen LogP) is 4.69. The van der Waals surface area contributed by atoms with Gasteiger partial charge in [0.1, 0.15) is 0 Å². The molecule has 2 rings (SSSR count). The van der Waals surface area contributed by atoms with Crippen LogP contribution >= 0.6 is 23.2 Å². The second-order valence-electron chi connectivity index (χ2n) is 4.03. The molecule has 0 aromatic heterocycles. The third kappa shape index (κ3) is 3.14. The molecule has 1 atom stereocenters. The molecule has 0 saturated heterocycles. The summed E-state index contributed by atoms with van der Waals surface area (Å²) in [6.45, 7) is 0. The number of hydrogen-bond donors (Lipinski definition) is 0. The molecular formula is C15H14Cl2O2. The Morgan fingerprint density at radius 1 is 0.895 bits per heavy atom. The summed E-state index contributed by atoms with van der Waals surface area (Å²) in [5.41, 5.74) is 1.88. The van der Waals surface area contributed by atoms with Crippen LogP contribution in [0, 0.1) is 0 Å². The van der Waals surface area contributed by atoms with Crippen LogP contribution < -0.4 is 9.47 Å². The number of halogens is 2. The minimum absolute atomic E-state index is 0.279. The quantitative estimate of drug-likeness (QED) is 0.762. The van der Waals surface area contributed by atoms with Crippen molar-refractivity contribution in [2.45, 2.75) is 5.38 Å². The molecule has 0 fully saturated rings. The maximum Gasteiger partial charge on any atom is 0.161 e. The third-order valence-electron chi connectivity index (χ3n) is 2.84. The molecule has 2 nitrogen and oxygen atoms in total. The molecule has 0 aliphatic heterocycles. The van der Waals surface area contributed by atoms with Gasteiger partial charge in [0.25, 0.3) is 0 Å². The smallest absolute Gasteiger partial charge is 0.161 e. The van der Waals surface area contributed by atoms with Gasteiger partial charge in [-0.1, -0.05) is 29.8 Å². The monoisotopic (exact) mass is 296 g/mol. The first-order chi connectivity index (χ1) is 9.15. The summed E-state index contributed by atoms with van der Waals surface area (Å²) < 4.78 is 10.5. The third-order valence-corrected chi connectivity index (χ3v) is 3.58. The zero-order valence-corrected chi connectivity index (χ0v) is 12.2. The standard InChI is InChI=1S/C15H14Cl2O2/c1-18-13-7-6-11(9-14(13)19-2)15(17)10-4-3-5-12(16)8-10/h3-9,15H,1-2H3. The van der Waals surface area contributed by atoms with E-state index in [4.69, 9.17) is 32.7 Å². The van der Waals surface area contributed by atoms with Crippen LogP contribution in [-0.4, -0.2) is 14.2 Å². The molecule has 4 heteroatoms. The van der Waals surface area contributed by atoms with E-state index in [1.807, 2.05) is 42.5 Å². The lowest BCUT2D eigenvalue weighted by Crippen LogP contribution is -1.96. The topological polar surface area (TPSA) is 18.5 Å². The van der Waals surface area contributed by atoms with Gasteiger partial charge in [0.2, 0.25) is 0 Å². The van der Waals surface area contributed by atoms with Crippen LogP contribution in [0.4, 0.5) is 0 Å². The van der Waals surface area contributed by atoms with E-state index in [1.54, 1.807) is 14.2 Å². The normalized spacial score (nSPS) is 12.0. The van der Waals surface area contributed by atoms with Gasteiger partial charge in [0.05, 0.1) is 19.6 Å². The van der Waals surface area contributed by atoms with E-state index in [2.05, 4.69) is 0 Å². The Morgan fingerprint density at radius 3 is 2.21 bits per heavy atom. The molecule has 0 bridgehead atoms. The first-order valence-corrected chi connectivity index (χ1v) is 6.58. The summed E-state index contributed by atoms with van der Waals surface area (Å²) in [5.74, 6) is 1.34. The highest BCUT2D eigenvalue weighted by atomic mass is 35.5. The van der Waals surface area contributed by atoms with Gasteiger partial charge >= 0.3 is 0 Å². The van der Waals surface area contributed by atoms with Crippen LogP contribution in [0.5, 0.6) is 11.5 Å². The van der Waals surface area contributed by atoms with Gasteiger partial charge < -0.3 is 9.47 Å². The van der Waals surface area contributed by atoms with Crippen LogP contribution in [0.15, 0.2) is 42.5 Å². The summed E-state index contributed by atoms with van der Waals surface area (Å²) in [7, 11) is 3.21. The summed E-state index contributed by atoms with van der Waals surface area (Å²) in [4.78, 5) is 0. The van der Waals surface area contributed by atoms with Crippen molar-refractivity contribution in [3.05, 3.63) is 58.6 Å². The lowest BCUT2D eigenvalue weighted by atomic mass is 10.0. The van der Waals surface area contributed by atoms with E-state index in [0.29, 0.717) is 16.5 Å². The molecule has 0 radical (unpaired) electrons. The van der Waals surface area contributed by atoms with Crippen molar-refractivity contribution >= 4 is 23.2 Å². The Balaban J connectivity index is 2.36. The van der Waals surface area contributed by atoms with Crippen LogP contribution in [-0.2, 0) is 0 Å². The number of hydrogen-bond acceptors (Lipinski definition) is 2. The second kappa shape index (κ2) is 6.18. The van der Waals surface area contributed by atoms with Crippen LogP contribution in [0.25, 0.3) is 0 Å². The molecule has 0 N–H and O–H groups in total. The van der Waals surface area contributed by atoms with Crippen molar-refractivity contribution in [3.8, 4) is 11.5 Å². The van der Waals surface area contributed by atoms with Crippen LogP contribution in [0.1, 0.15) is 16.5 Å². The summed E-state index contributed by atoms with van der Waals surface area (Å²) >= 11 is 12.5. The molecule has 0 aliphatic rings. The zero-order valence-electron chi connectivity index (χ0n) is 10.7. The molecule has 0 saturated carbocycles. The Bertz CT molecular complexity index is 570. The molecule has 19 heavy (non-hydrogen) atoms. The number of alkyl halides is 1. The summed E-state index contributed by atoms with van der Waals surface area (Å²) in [5, 5.41) is 0.391. The first-order valence-electron chi connectivity index (χ1n) is 5.77. The van der Waals surface area contributed by atoms with Gasteiger partial charge in [0.15, 0.2) is 11.5 Å². The Labute approximate surface area is 122 Å². The highest BCUT2D eigenvalue weighted by Gasteiger charge is 2.14. The van der Waals surface area contributed by atoms with E-state index >= 15 is 0 Å². The largest absolute Gasteiger partial charge is 0.493 e. The average molecular weight is 297 g/mol. The lowest BCUT2D eigenvalue weighted by Gasteiger charge is -2.14. The predicted molar refractivity (Wildman–Crippen MR) is 78.7 cm³/mol. The number of benzene rings is 2. The fourth-order valence-electron chi connectivity index (χ4n) is 1.87. The maximum absolute atomic E-state index is 6.47. The van der Waals surface area contributed by atoms with E-state index in [0.717, 1.165) is 11.1 Å². The van der Waals surface area contributed by atoms with Crippen molar-refractivity contribution in [1.82, 2.24) is 0 Å². The van der Waals surface area contributed by atoms with Gasteiger partial charge in [-0.05, 0) is 35.4 Å². The van der Waals surface area contributed by atoms with E-state index in [-0.39, 0.29) is 5.38 Å². The second-order valence-corrected chi connectivity index (χ2v) is 4.90. The van der Waals surface area contributed by atoms with Crippen molar-refractivity contribution < 1.29 is 9.47 Å². The molecule has 0 aliphatic carbocycles. The van der Waals surface area contributed by atoms with Gasteiger partial charge in [-0.3, -0.25) is 0 Å². The molecule has 0 amide bonds. The van der Waals surface area contributed by atoms with Gasteiger partial charge in [-0.2, -0.15) is 0 Å². The zero-order chi connectivity index (χ0) is 13.8. The number of methoxy groups -OCH3 is 2. The van der Waals surface area contributed by atoms with Gasteiger partial charge in [-0.25, -0.2) is 0 Å². The Kier molecular flexibility index (Phi) is 4.56. The van der Waals surface area contributed by atoms with Crippen LogP contribution in [0.2, 0.25) is 5.02 Å². The summed E-state index contributed by atoms with van der Waals surface area (Å²) in [6, 6.07) is 13.1. The lowest BCUT2D eigenvalue weighted by molar-refractivity contribution is 0.354. The minimum Gasteiger partial charge on any atom is -0.493 e.